The van der Waals surface area contributed by atoms with E-state index < -0.39 is 11.6 Å². The van der Waals surface area contributed by atoms with Crippen molar-refractivity contribution < 1.29 is 8.78 Å². The van der Waals surface area contributed by atoms with E-state index >= 15 is 0 Å². The van der Waals surface area contributed by atoms with Crippen molar-refractivity contribution in [1.29, 1.82) is 0 Å². The van der Waals surface area contributed by atoms with E-state index in [1.165, 1.54) is 28.9 Å². The van der Waals surface area contributed by atoms with Crippen LogP contribution in [0.4, 0.5) is 14.5 Å². The van der Waals surface area contributed by atoms with Crippen molar-refractivity contribution in [3.63, 3.8) is 0 Å². The molecule has 1 heterocycles. The smallest absolute Gasteiger partial charge is 0.130 e. The SMILES string of the molecule is Fc1ccc(CNCc2cccc3c2NCC3)c(F)c1. The molecule has 0 radical (unpaired) electrons. The van der Waals surface area contributed by atoms with Gasteiger partial charge in [0.2, 0.25) is 0 Å². The van der Waals surface area contributed by atoms with E-state index in [4.69, 9.17) is 0 Å². The third-order valence-corrected chi connectivity index (χ3v) is 3.58. The molecule has 20 heavy (non-hydrogen) atoms. The molecule has 104 valence electrons. The predicted molar refractivity (Wildman–Crippen MR) is 75.5 cm³/mol. The molecule has 0 fully saturated rings. The van der Waals surface area contributed by atoms with Crippen LogP contribution in [0.3, 0.4) is 0 Å². The van der Waals surface area contributed by atoms with Gasteiger partial charge in [-0.05, 0) is 23.6 Å². The van der Waals surface area contributed by atoms with Gasteiger partial charge in [-0.25, -0.2) is 8.78 Å². The van der Waals surface area contributed by atoms with Crippen LogP contribution in [0.2, 0.25) is 0 Å². The number of hydrogen-bond acceptors (Lipinski definition) is 2. The first-order valence-corrected chi connectivity index (χ1v) is 6.73. The fourth-order valence-corrected chi connectivity index (χ4v) is 2.56. The van der Waals surface area contributed by atoms with Crippen LogP contribution in [0.25, 0.3) is 0 Å². The Bertz CT molecular complexity index is 626. The molecule has 2 N–H and O–H groups in total. The van der Waals surface area contributed by atoms with Crippen LogP contribution >= 0.6 is 0 Å². The van der Waals surface area contributed by atoms with E-state index in [0.717, 1.165) is 19.0 Å². The van der Waals surface area contributed by atoms with Crippen LogP contribution in [0.1, 0.15) is 16.7 Å². The van der Waals surface area contributed by atoms with E-state index in [1.54, 1.807) is 0 Å². The van der Waals surface area contributed by atoms with Gasteiger partial charge >= 0.3 is 0 Å². The Balaban J connectivity index is 1.64. The van der Waals surface area contributed by atoms with Crippen molar-refractivity contribution >= 4 is 5.69 Å². The third-order valence-electron chi connectivity index (χ3n) is 3.58. The topological polar surface area (TPSA) is 24.1 Å². The van der Waals surface area contributed by atoms with Gasteiger partial charge in [-0.3, -0.25) is 0 Å². The highest BCUT2D eigenvalue weighted by atomic mass is 19.1. The number of fused-ring (bicyclic) bond motifs is 1. The number of hydrogen-bond donors (Lipinski definition) is 2. The lowest BCUT2D eigenvalue weighted by Crippen LogP contribution is -2.14. The minimum absolute atomic E-state index is 0.385. The largest absolute Gasteiger partial charge is 0.384 e. The molecule has 0 amide bonds. The molecule has 2 aromatic rings. The van der Waals surface area contributed by atoms with Crippen LogP contribution in [-0.4, -0.2) is 6.54 Å². The Morgan fingerprint density at radius 3 is 2.75 bits per heavy atom. The molecule has 4 heteroatoms. The summed E-state index contributed by atoms with van der Waals surface area (Å²) in [7, 11) is 0. The van der Waals surface area contributed by atoms with Gasteiger partial charge in [-0.15, -0.1) is 0 Å². The van der Waals surface area contributed by atoms with Crippen molar-refractivity contribution in [2.45, 2.75) is 19.5 Å². The average molecular weight is 274 g/mol. The Morgan fingerprint density at radius 1 is 1.05 bits per heavy atom. The van der Waals surface area contributed by atoms with Gasteiger partial charge in [0.15, 0.2) is 0 Å². The minimum Gasteiger partial charge on any atom is -0.384 e. The van der Waals surface area contributed by atoms with Crippen molar-refractivity contribution in [3.8, 4) is 0 Å². The second-order valence-electron chi connectivity index (χ2n) is 4.97. The van der Waals surface area contributed by atoms with Crippen LogP contribution in [0, 0.1) is 11.6 Å². The molecule has 1 aliphatic rings. The summed E-state index contributed by atoms with van der Waals surface area (Å²) in [5.41, 5.74) is 4.19. The number of halogens is 2. The van der Waals surface area contributed by atoms with E-state index in [1.807, 2.05) is 6.07 Å². The van der Waals surface area contributed by atoms with Gasteiger partial charge in [0.1, 0.15) is 11.6 Å². The lowest BCUT2D eigenvalue weighted by atomic mass is 10.1. The first kappa shape index (κ1) is 13.1. The Hall–Kier alpha value is -1.94. The van der Waals surface area contributed by atoms with E-state index in [0.29, 0.717) is 18.7 Å². The summed E-state index contributed by atoms with van der Waals surface area (Å²) in [5, 5.41) is 6.58. The molecule has 0 bridgehead atoms. The summed E-state index contributed by atoms with van der Waals surface area (Å²) in [5.74, 6) is -1.05. The van der Waals surface area contributed by atoms with Crippen molar-refractivity contribution in [1.82, 2.24) is 5.32 Å². The molecular weight excluding hydrogens is 258 g/mol. The molecule has 0 saturated heterocycles. The summed E-state index contributed by atoms with van der Waals surface area (Å²) in [6.45, 7) is 2.02. The monoisotopic (exact) mass is 274 g/mol. The maximum absolute atomic E-state index is 13.5. The maximum atomic E-state index is 13.5. The molecule has 2 nitrogen and oxygen atoms in total. The average Bonchev–Trinajstić information content (AvgIpc) is 2.90. The van der Waals surface area contributed by atoms with Crippen molar-refractivity contribution in [2.75, 3.05) is 11.9 Å². The molecule has 0 saturated carbocycles. The maximum Gasteiger partial charge on any atom is 0.130 e. The summed E-state index contributed by atoms with van der Waals surface area (Å²) in [6.07, 6.45) is 1.05. The lowest BCUT2D eigenvalue weighted by molar-refractivity contribution is 0.560. The highest BCUT2D eigenvalue weighted by Crippen LogP contribution is 2.26. The zero-order valence-corrected chi connectivity index (χ0v) is 11.0. The highest BCUT2D eigenvalue weighted by Gasteiger charge is 2.13. The highest BCUT2D eigenvalue weighted by molar-refractivity contribution is 5.61. The van der Waals surface area contributed by atoms with Crippen LogP contribution < -0.4 is 10.6 Å². The number of rotatable bonds is 4. The summed E-state index contributed by atoms with van der Waals surface area (Å²) in [6, 6.07) is 9.90. The van der Waals surface area contributed by atoms with Gasteiger partial charge in [0.05, 0.1) is 0 Å². The van der Waals surface area contributed by atoms with Crippen LogP contribution in [-0.2, 0) is 19.5 Å². The van der Waals surface area contributed by atoms with Crippen LogP contribution in [0.15, 0.2) is 36.4 Å². The predicted octanol–water partition coefficient (Wildman–Crippen LogP) is 3.22. The second-order valence-corrected chi connectivity index (χ2v) is 4.97. The summed E-state index contributed by atoms with van der Waals surface area (Å²) >= 11 is 0. The lowest BCUT2D eigenvalue weighted by Gasteiger charge is -2.10. The standard InChI is InChI=1S/C16H16F2N2/c17-14-5-4-12(15(18)8-14)9-19-10-13-3-1-2-11-6-7-20-16(11)13/h1-5,8,19-20H,6-7,9-10H2. The molecule has 0 aromatic heterocycles. The molecule has 0 aliphatic carbocycles. The van der Waals surface area contributed by atoms with Gasteiger partial charge in [0, 0.05) is 37.0 Å². The molecule has 1 aliphatic heterocycles. The number of anilines is 1. The Kier molecular flexibility index (Phi) is 3.65. The quantitative estimate of drug-likeness (QED) is 0.894. The van der Waals surface area contributed by atoms with Crippen LogP contribution in [0.5, 0.6) is 0 Å². The first-order valence-electron chi connectivity index (χ1n) is 6.73. The molecule has 2 aromatic carbocycles. The fourth-order valence-electron chi connectivity index (χ4n) is 2.56. The van der Waals surface area contributed by atoms with Gasteiger partial charge in [-0.2, -0.15) is 0 Å². The van der Waals surface area contributed by atoms with E-state index in [9.17, 15) is 8.78 Å². The van der Waals surface area contributed by atoms with Gasteiger partial charge in [0.25, 0.3) is 0 Å². The normalized spacial score (nSPS) is 13.1. The zero-order valence-electron chi connectivity index (χ0n) is 11.0. The number of benzene rings is 2. The van der Waals surface area contributed by atoms with E-state index in [-0.39, 0.29) is 0 Å². The second kappa shape index (κ2) is 5.59. The first-order chi connectivity index (χ1) is 9.74. The van der Waals surface area contributed by atoms with E-state index in [2.05, 4.69) is 22.8 Å². The Labute approximate surface area is 116 Å². The van der Waals surface area contributed by atoms with Crippen molar-refractivity contribution in [2.24, 2.45) is 0 Å². The molecule has 0 atom stereocenters. The van der Waals surface area contributed by atoms with Gasteiger partial charge < -0.3 is 10.6 Å². The molecule has 0 unspecified atom stereocenters. The minimum atomic E-state index is -0.545. The molecular formula is C16H16F2N2. The molecule has 3 rings (SSSR count). The fraction of sp³-hybridized carbons (Fsp3) is 0.250. The summed E-state index contributed by atoms with van der Waals surface area (Å²) in [4.78, 5) is 0. The zero-order chi connectivity index (χ0) is 13.9. The van der Waals surface area contributed by atoms with Crippen molar-refractivity contribution in [3.05, 3.63) is 64.7 Å². The Morgan fingerprint density at radius 2 is 1.90 bits per heavy atom. The number of nitrogens with one attached hydrogen (secondary N) is 2. The number of para-hydroxylation sites is 1. The third kappa shape index (κ3) is 2.65. The van der Waals surface area contributed by atoms with Gasteiger partial charge in [-0.1, -0.05) is 24.3 Å². The summed E-state index contributed by atoms with van der Waals surface area (Å²) < 4.78 is 26.3. The molecule has 0 spiro atoms.